The number of nitrogens with zero attached hydrogens (tertiary/aromatic N) is 2. The van der Waals surface area contributed by atoms with Crippen molar-refractivity contribution in [1.82, 2.24) is 10.4 Å². The van der Waals surface area contributed by atoms with E-state index in [1.165, 1.54) is 0 Å². The van der Waals surface area contributed by atoms with Gasteiger partial charge in [0.05, 0.1) is 13.2 Å². The van der Waals surface area contributed by atoms with Crippen molar-refractivity contribution in [3.05, 3.63) is 33.8 Å². The van der Waals surface area contributed by atoms with E-state index in [0.717, 1.165) is 32.3 Å². The lowest BCUT2D eigenvalue weighted by Crippen LogP contribution is -2.42. The normalized spacial score (nSPS) is 11.3. The summed E-state index contributed by atoms with van der Waals surface area (Å²) in [4.78, 5) is 27.7. The summed E-state index contributed by atoms with van der Waals surface area (Å²) in [6.07, 6.45) is -0.334. The number of carbonyl (C=O) groups is 2. The molecule has 0 heterocycles. The van der Waals surface area contributed by atoms with Crippen LogP contribution in [-0.2, 0) is 21.3 Å². The van der Waals surface area contributed by atoms with Gasteiger partial charge in [-0.25, -0.2) is 15.0 Å². The summed E-state index contributed by atoms with van der Waals surface area (Å²) in [7, 11) is 0. The molecule has 0 saturated heterocycles. The van der Waals surface area contributed by atoms with Gasteiger partial charge in [0.1, 0.15) is 6.34 Å². The lowest BCUT2D eigenvalue weighted by atomic mass is 10.1. The molecule has 0 aliphatic heterocycles. The molecule has 7 nitrogen and oxygen atoms in total. The Morgan fingerprint density at radius 1 is 1.18 bits per heavy atom. The third-order valence-corrected chi connectivity index (χ3v) is 4.61. The van der Waals surface area contributed by atoms with E-state index in [-0.39, 0.29) is 25.0 Å². The maximum atomic E-state index is 12.3. The SMILES string of the molecule is CC(C)COC(=O)/N=C\N(NCc1ccc(CBr)c(Br)c1)C(=O)OCC(C)C. The molecule has 1 aromatic carbocycles. The van der Waals surface area contributed by atoms with Gasteiger partial charge in [-0.1, -0.05) is 71.7 Å². The number of hydrazine groups is 1. The van der Waals surface area contributed by atoms with Crippen LogP contribution in [0.1, 0.15) is 38.8 Å². The summed E-state index contributed by atoms with van der Waals surface area (Å²) in [6.45, 7) is 8.57. The molecule has 0 aliphatic carbocycles. The van der Waals surface area contributed by atoms with Crippen LogP contribution in [0, 0.1) is 11.8 Å². The van der Waals surface area contributed by atoms with Gasteiger partial charge < -0.3 is 9.47 Å². The average Bonchev–Trinajstić information content (AvgIpc) is 2.64. The molecule has 0 aromatic heterocycles. The maximum Gasteiger partial charge on any atom is 0.435 e. The molecule has 0 aliphatic rings. The van der Waals surface area contributed by atoms with Crippen LogP contribution in [0.5, 0.6) is 0 Å². The van der Waals surface area contributed by atoms with Crippen LogP contribution in [0.25, 0.3) is 0 Å². The number of hydrogen-bond acceptors (Lipinski definition) is 5. The number of benzene rings is 1. The Bertz CT molecular complexity index is 681. The van der Waals surface area contributed by atoms with Crippen molar-refractivity contribution in [2.24, 2.45) is 16.8 Å². The van der Waals surface area contributed by atoms with Crippen molar-refractivity contribution < 1.29 is 19.1 Å². The number of aliphatic imine (C=N–C) groups is 1. The standard InChI is InChI=1S/C19H27Br2N3O4/c1-13(2)10-27-18(25)22-12-24(19(26)28-11-14(3)4)23-9-15-5-6-16(8-20)17(21)7-15/h5-7,12-14,23H,8-11H2,1-4H3/b22-12-. The van der Waals surface area contributed by atoms with Crippen molar-refractivity contribution in [2.75, 3.05) is 13.2 Å². The predicted octanol–water partition coefficient (Wildman–Crippen LogP) is 5.26. The zero-order valence-corrected chi connectivity index (χ0v) is 19.7. The number of nitrogens with one attached hydrogen (secondary N) is 1. The highest BCUT2D eigenvalue weighted by Crippen LogP contribution is 2.20. The molecule has 0 bridgehead atoms. The minimum atomic E-state index is -0.762. The molecule has 0 radical (unpaired) electrons. The summed E-state index contributed by atoms with van der Waals surface area (Å²) < 4.78 is 11.2. The first-order valence-electron chi connectivity index (χ1n) is 8.96. The van der Waals surface area contributed by atoms with Gasteiger partial charge >= 0.3 is 12.2 Å². The molecule has 156 valence electrons. The molecule has 0 atom stereocenters. The summed E-state index contributed by atoms with van der Waals surface area (Å²) in [5, 5.41) is 1.78. The van der Waals surface area contributed by atoms with Crippen LogP contribution in [0.3, 0.4) is 0 Å². The molecule has 0 unspecified atom stereocenters. The lowest BCUT2D eigenvalue weighted by molar-refractivity contribution is 0.0995. The fraction of sp³-hybridized carbons (Fsp3) is 0.526. The Morgan fingerprint density at radius 3 is 2.39 bits per heavy atom. The average molecular weight is 521 g/mol. The van der Waals surface area contributed by atoms with Gasteiger partial charge in [0, 0.05) is 16.3 Å². The minimum Gasteiger partial charge on any atom is -0.448 e. The third-order valence-electron chi connectivity index (χ3n) is 3.27. The van der Waals surface area contributed by atoms with Crippen LogP contribution in [0.2, 0.25) is 0 Å². The smallest absolute Gasteiger partial charge is 0.435 e. The lowest BCUT2D eigenvalue weighted by Gasteiger charge is -2.19. The van der Waals surface area contributed by atoms with Crippen LogP contribution >= 0.6 is 31.9 Å². The second-order valence-electron chi connectivity index (χ2n) is 6.95. The molecular weight excluding hydrogens is 494 g/mol. The van der Waals surface area contributed by atoms with Gasteiger partial charge in [-0.3, -0.25) is 0 Å². The van der Waals surface area contributed by atoms with Crippen molar-refractivity contribution in [2.45, 2.75) is 39.6 Å². The van der Waals surface area contributed by atoms with Gasteiger partial charge in [0.25, 0.3) is 0 Å². The monoisotopic (exact) mass is 519 g/mol. The Hall–Kier alpha value is -1.45. The number of hydrogen-bond donors (Lipinski definition) is 1. The fourth-order valence-electron chi connectivity index (χ4n) is 1.83. The second kappa shape index (κ2) is 12.9. The van der Waals surface area contributed by atoms with E-state index in [2.05, 4.69) is 42.3 Å². The molecule has 28 heavy (non-hydrogen) atoms. The van der Waals surface area contributed by atoms with E-state index < -0.39 is 12.2 Å². The molecule has 2 amide bonds. The Labute approximate surface area is 183 Å². The van der Waals surface area contributed by atoms with Crippen molar-refractivity contribution in [1.29, 1.82) is 0 Å². The zero-order chi connectivity index (χ0) is 21.1. The first kappa shape index (κ1) is 24.6. The second-order valence-corrected chi connectivity index (χ2v) is 8.37. The number of carbonyl (C=O) groups excluding carboxylic acids is 2. The molecule has 0 saturated carbocycles. The number of rotatable bonds is 9. The fourth-order valence-corrected chi connectivity index (χ4v) is 3.26. The van der Waals surface area contributed by atoms with E-state index >= 15 is 0 Å². The zero-order valence-electron chi connectivity index (χ0n) is 16.6. The highest BCUT2D eigenvalue weighted by atomic mass is 79.9. The van der Waals surface area contributed by atoms with E-state index in [1.54, 1.807) is 0 Å². The van der Waals surface area contributed by atoms with Crippen LogP contribution in [0.15, 0.2) is 27.7 Å². The topological polar surface area (TPSA) is 80.2 Å². The first-order chi connectivity index (χ1) is 13.2. The van der Waals surface area contributed by atoms with E-state index in [0.29, 0.717) is 6.54 Å². The first-order valence-corrected chi connectivity index (χ1v) is 10.9. The van der Waals surface area contributed by atoms with Gasteiger partial charge in [-0.05, 0) is 29.0 Å². The van der Waals surface area contributed by atoms with Crippen LogP contribution in [-0.4, -0.2) is 36.7 Å². The molecule has 1 N–H and O–H groups in total. The van der Waals surface area contributed by atoms with Crippen molar-refractivity contribution in [3.63, 3.8) is 0 Å². The number of ether oxygens (including phenoxy) is 2. The summed E-state index contributed by atoms with van der Waals surface area (Å²) in [6, 6.07) is 5.88. The predicted molar refractivity (Wildman–Crippen MR) is 116 cm³/mol. The molecule has 0 fully saturated rings. The Morgan fingerprint density at radius 2 is 1.82 bits per heavy atom. The van der Waals surface area contributed by atoms with Crippen LogP contribution < -0.4 is 5.43 Å². The summed E-state index contributed by atoms with van der Waals surface area (Å²) >= 11 is 6.93. The summed E-state index contributed by atoms with van der Waals surface area (Å²) in [5.74, 6) is 0.386. The molecule has 9 heteroatoms. The Kier molecular flexibility index (Phi) is 11.3. The largest absolute Gasteiger partial charge is 0.448 e. The summed E-state index contributed by atoms with van der Waals surface area (Å²) in [5.41, 5.74) is 4.97. The van der Waals surface area contributed by atoms with Crippen molar-refractivity contribution >= 4 is 50.4 Å². The van der Waals surface area contributed by atoms with Gasteiger partial charge in [0.15, 0.2) is 0 Å². The minimum absolute atomic E-state index is 0.187. The number of alkyl halides is 1. The quantitative estimate of drug-likeness (QED) is 0.208. The van der Waals surface area contributed by atoms with Crippen LogP contribution in [0.4, 0.5) is 9.59 Å². The highest BCUT2D eigenvalue weighted by molar-refractivity contribution is 9.10. The molecule has 1 rings (SSSR count). The molecular formula is C19H27Br2N3O4. The molecule has 1 aromatic rings. The highest BCUT2D eigenvalue weighted by Gasteiger charge is 2.15. The van der Waals surface area contributed by atoms with E-state index in [4.69, 9.17) is 9.47 Å². The van der Waals surface area contributed by atoms with Gasteiger partial charge in [-0.2, -0.15) is 10.0 Å². The van der Waals surface area contributed by atoms with Crippen molar-refractivity contribution in [3.8, 4) is 0 Å². The molecule has 0 spiro atoms. The van der Waals surface area contributed by atoms with E-state index in [1.807, 2.05) is 45.9 Å². The van der Waals surface area contributed by atoms with E-state index in [9.17, 15) is 9.59 Å². The number of amides is 2. The Balaban J connectivity index is 2.77. The number of halogens is 2. The maximum absolute atomic E-state index is 12.3. The third kappa shape index (κ3) is 9.66. The van der Waals surface area contributed by atoms with Gasteiger partial charge in [-0.15, -0.1) is 0 Å². The van der Waals surface area contributed by atoms with Gasteiger partial charge in [0.2, 0.25) is 0 Å².